The first-order chi connectivity index (χ1) is 9.78. The van der Waals surface area contributed by atoms with Crippen LogP contribution in [0.1, 0.15) is 37.1 Å². The minimum Gasteiger partial charge on any atom is -0.317 e. The quantitative estimate of drug-likeness (QED) is 0.913. The first-order valence-corrected chi connectivity index (χ1v) is 7.91. The second kappa shape index (κ2) is 6.06. The molecule has 0 aliphatic heterocycles. The molecular weight excluding hydrogens is 316 g/mol. The van der Waals surface area contributed by atoms with Crippen LogP contribution in [0.15, 0.2) is 35.1 Å². The molecule has 0 bridgehead atoms. The molecule has 1 aromatic carbocycles. The lowest BCUT2D eigenvalue weighted by molar-refractivity contribution is 0.285. The van der Waals surface area contributed by atoms with Crippen molar-refractivity contribution in [3.63, 3.8) is 0 Å². The standard InChI is InChI=1S/C15H19BrN4/c1-2-20-10-18-19-15(20)9-17-12-7-11(8-12)13-5-3-4-6-14(13)16/h3-6,10-12,17H,2,7-9H2,1H3. The molecule has 20 heavy (non-hydrogen) atoms. The highest BCUT2D eigenvalue weighted by atomic mass is 79.9. The maximum Gasteiger partial charge on any atom is 0.146 e. The van der Waals surface area contributed by atoms with E-state index in [1.165, 1.54) is 22.9 Å². The maximum atomic E-state index is 4.15. The molecule has 0 radical (unpaired) electrons. The van der Waals surface area contributed by atoms with E-state index < -0.39 is 0 Å². The van der Waals surface area contributed by atoms with E-state index in [4.69, 9.17) is 0 Å². The van der Waals surface area contributed by atoms with Gasteiger partial charge in [-0.05, 0) is 37.3 Å². The summed E-state index contributed by atoms with van der Waals surface area (Å²) in [6, 6.07) is 9.12. The van der Waals surface area contributed by atoms with Crippen LogP contribution in [0.2, 0.25) is 0 Å². The third-order valence-electron chi connectivity index (χ3n) is 4.07. The number of hydrogen-bond donors (Lipinski definition) is 1. The van der Waals surface area contributed by atoms with Gasteiger partial charge in [-0.2, -0.15) is 0 Å². The Morgan fingerprint density at radius 3 is 2.90 bits per heavy atom. The molecule has 0 atom stereocenters. The molecule has 106 valence electrons. The SMILES string of the molecule is CCn1cnnc1CNC1CC(c2ccccc2Br)C1. The summed E-state index contributed by atoms with van der Waals surface area (Å²) in [7, 11) is 0. The third kappa shape index (κ3) is 2.79. The van der Waals surface area contributed by atoms with Crippen LogP contribution in [0.4, 0.5) is 0 Å². The van der Waals surface area contributed by atoms with E-state index in [1.54, 1.807) is 6.33 Å². The van der Waals surface area contributed by atoms with Gasteiger partial charge in [0, 0.05) is 17.1 Å². The summed E-state index contributed by atoms with van der Waals surface area (Å²) in [6.07, 6.45) is 4.19. The number of aryl methyl sites for hydroxylation is 1. The van der Waals surface area contributed by atoms with Gasteiger partial charge in [0.2, 0.25) is 0 Å². The molecule has 1 fully saturated rings. The van der Waals surface area contributed by atoms with Gasteiger partial charge in [-0.15, -0.1) is 10.2 Å². The minimum atomic E-state index is 0.592. The number of benzene rings is 1. The zero-order chi connectivity index (χ0) is 13.9. The molecule has 1 N–H and O–H groups in total. The van der Waals surface area contributed by atoms with Crippen LogP contribution < -0.4 is 5.32 Å². The first-order valence-electron chi connectivity index (χ1n) is 7.12. The molecule has 1 aliphatic rings. The van der Waals surface area contributed by atoms with Crippen LogP contribution >= 0.6 is 15.9 Å². The summed E-state index contributed by atoms with van der Waals surface area (Å²) < 4.78 is 3.31. The Bertz CT molecular complexity index is 575. The summed E-state index contributed by atoms with van der Waals surface area (Å²) in [5.41, 5.74) is 1.43. The average Bonchev–Trinajstić information content (AvgIpc) is 2.86. The van der Waals surface area contributed by atoms with Crippen LogP contribution in [0.5, 0.6) is 0 Å². The molecular formula is C15H19BrN4. The second-order valence-electron chi connectivity index (χ2n) is 5.30. The Labute approximate surface area is 127 Å². The Balaban J connectivity index is 1.50. The van der Waals surface area contributed by atoms with Crippen molar-refractivity contribution in [2.24, 2.45) is 0 Å². The van der Waals surface area contributed by atoms with Crippen LogP contribution in [0, 0.1) is 0 Å². The fourth-order valence-corrected chi connectivity index (χ4v) is 3.37. The van der Waals surface area contributed by atoms with Gasteiger partial charge in [-0.3, -0.25) is 0 Å². The lowest BCUT2D eigenvalue weighted by atomic mass is 9.76. The number of hydrogen-bond acceptors (Lipinski definition) is 3. The van der Waals surface area contributed by atoms with Crippen LogP contribution in [0.25, 0.3) is 0 Å². The zero-order valence-electron chi connectivity index (χ0n) is 11.6. The van der Waals surface area contributed by atoms with E-state index in [9.17, 15) is 0 Å². The largest absolute Gasteiger partial charge is 0.317 e. The molecule has 4 nitrogen and oxygen atoms in total. The number of rotatable bonds is 5. The van der Waals surface area contributed by atoms with Gasteiger partial charge in [0.15, 0.2) is 0 Å². The molecule has 3 rings (SSSR count). The topological polar surface area (TPSA) is 42.7 Å². The lowest BCUT2D eigenvalue weighted by Crippen LogP contribution is -2.40. The van der Waals surface area contributed by atoms with E-state index in [0.29, 0.717) is 12.0 Å². The third-order valence-corrected chi connectivity index (χ3v) is 4.79. The molecule has 2 aromatic rings. The molecule has 0 saturated heterocycles. The first kappa shape index (κ1) is 13.8. The van der Waals surface area contributed by atoms with Crippen LogP contribution in [-0.4, -0.2) is 20.8 Å². The molecule has 0 amide bonds. The maximum absolute atomic E-state index is 4.15. The van der Waals surface area contributed by atoms with Crippen LogP contribution in [-0.2, 0) is 13.1 Å². The normalized spacial score (nSPS) is 21.7. The summed E-state index contributed by atoms with van der Waals surface area (Å²) in [6.45, 7) is 3.84. The summed E-state index contributed by atoms with van der Waals surface area (Å²) in [5.74, 6) is 1.70. The van der Waals surface area contributed by atoms with E-state index >= 15 is 0 Å². The number of nitrogens with zero attached hydrogens (tertiary/aromatic N) is 3. The van der Waals surface area contributed by atoms with Gasteiger partial charge in [0.25, 0.3) is 0 Å². The lowest BCUT2D eigenvalue weighted by Gasteiger charge is -2.36. The molecule has 0 unspecified atom stereocenters. The van der Waals surface area contributed by atoms with Gasteiger partial charge in [-0.1, -0.05) is 34.1 Å². The molecule has 1 aliphatic carbocycles. The number of aromatic nitrogens is 3. The van der Waals surface area contributed by atoms with Gasteiger partial charge >= 0.3 is 0 Å². The second-order valence-corrected chi connectivity index (χ2v) is 6.16. The highest BCUT2D eigenvalue weighted by Gasteiger charge is 2.31. The van der Waals surface area contributed by atoms with Crippen LogP contribution in [0.3, 0.4) is 0 Å². The Morgan fingerprint density at radius 2 is 2.15 bits per heavy atom. The average molecular weight is 335 g/mol. The van der Waals surface area contributed by atoms with Gasteiger partial charge in [-0.25, -0.2) is 0 Å². The van der Waals surface area contributed by atoms with Gasteiger partial charge in [0.05, 0.1) is 6.54 Å². The number of halogens is 1. The fourth-order valence-electron chi connectivity index (χ4n) is 2.76. The molecule has 5 heteroatoms. The summed E-state index contributed by atoms with van der Waals surface area (Å²) in [5, 5.41) is 11.7. The van der Waals surface area contributed by atoms with Crippen molar-refractivity contribution in [3.05, 3.63) is 46.5 Å². The van der Waals surface area contributed by atoms with Crippen molar-refractivity contribution in [1.82, 2.24) is 20.1 Å². The van der Waals surface area contributed by atoms with E-state index in [2.05, 4.69) is 67.2 Å². The molecule has 1 aromatic heterocycles. The van der Waals surface area contributed by atoms with Crippen molar-refractivity contribution < 1.29 is 0 Å². The van der Waals surface area contributed by atoms with Gasteiger partial charge in [0.1, 0.15) is 12.2 Å². The van der Waals surface area contributed by atoms with Crippen molar-refractivity contribution >= 4 is 15.9 Å². The van der Waals surface area contributed by atoms with Crippen molar-refractivity contribution in [2.75, 3.05) is 0 Å². The van der Waals surface area contributed by atoms with Crippen molar-refractivity contribution in [3.8, 4) is 0 Å². The van der Waals surface area contributed by atoms with Gasteiger partial charge < -0.3 is 9.88 Å². The predicted molar refractivity (Wildman–Crippen MR) is 82.4 cm³/mol. The summed E-state index contributed by atoms with van der Waals surface area (Å²) >= 11 is 3.64. The van der Waals surface area contributed by atoms with E-state index in [1.807, 2.05) is 0 Å². The van der Waals surface area contributed by atoms with Crippen molar-refractivity contribution in [1.29, 1.82) is 0 Å². The zero-order valence-corrected chi connectivity index (χ0v) is 13.2. The van der Waals surface area contributed by atoms with E-state index in [0.717, 1.165) is 18.9 Å². The monoisotopic (exact) mass is 334 g/mol. The smallest absolute Gasteiger partial charge is 0.146 e. The van der Waals surface area contributed by atoms with E-state index in [-0.39, 0.29) is 0 Å². The highest BCUT2D eigenvalue weighted by Crippen LogP contribution is 2.39. The fraction of sp³-hybridized carbons (Fsp3) is 0.467. The highest BCUT2D eigenvalue weighted by molar-refractivity contribution is 9.10. The Hall–Kier alpha value is -1.20. The molecule has 0 spiro atoms. The molecule has 1 saturated carbocycles. The minimum absolute atomic E-state index is 0.592. The Kier molecular flexibility index (Phi) is 4.17. The number of nitrogens with one attached hydrogen (secondary N) is 1. The Morgan fingerprint density at radius 1 is 1.35 bits per heavy atom. The van der Waals surface area contributed by atoms with Crippen molar-refractivity contribution in [2.45, 2.75) is 44.8 Å². The predicted octanol–water partition coefficient (Wildman–Crippen LogP) is 3.10. The summed E-state index contributed by atoms with van der Waals surface area (Å²) in [4.78, 5) is 0. The molecule has 1 heterocycles.